The number of nitrogens with zero attached hydrogens (tertiary/aromatic N) is 1. The Morgan fingerprint density at radius 2 is 1.81 bits per heavy atom. The van der Waals surface area contributed by atoms with Crippen LogP contribution in [0, 0.1) is 0 Å². The van der Waals surface area contributed by atoms with Gasteiger partial charge in [0.05, 0.1) is 5.69 Å². The second-order valence-corrected chi connectivity index (χ2v) is 5.39. The van der Waals surface area contributed by atoms with E-state index in [4.69, 9.17) is 5.73 Å². The molecule has 3 aromatic rings. The number of halogens is 1. The first-order valence-corrected chi connectivity index (χ1v) is 7.15. The van der Waals surface area contributed by atoms with E-state index in [1.165, 1.54) is 0 Å². The van der Waals surface area contributed by atoms with Crippen LogP contribution in [0.5, 0.6) is 0 Å². The zero-order valence-electron chi connectivity index (χ0n) is 11.0. The minimum Gasteiger partial charge on any atom is -0.397 e. The fourth-order valence-electron chi connectivity index (χ4n) is 2.16. The largest absolute Gasteiger partial charge is 0.397 e. The van der Waals surface area contributed by atoms with Crippen molar-refractivity contribution in [3.8, 4) is 0 Å². The normalized spacial score (nSPS) is 10.5. The Morgan fingerprint density at radius 1 is 1.05 bits per heavy atom. The van der Waals surface area contributed by atoms with Gasteiger partial charge in [-0.05, 0) is 29.7 Å². The van der Waals surface area contributed by atoms with Gasteiger partial charge < -0.3 is 11.1 Å². The van der Waals surface area contributed by atoms with Crippen molar-refractivity contribution in [2.45, 2.75) is 0 Å². The molecule has 1 amide bonds. The van der Waals surface area contributed by atoms with E-state index in [1.807, 2.05) is 36.4 Å². The summed E-state index contributed by atoms with van der Waals surface area (Å²) in [5, 5.41) is 4.85. The third kappa shape index (κ3) is 2.60. The standard InChI is InChI=1S/C16H12BrN3O/c17-12-7-8-14(11-5-2-1-4-10(11)12)20-16(21)15-13(18)6-3-9-19-15/h1-9H,18H2,(H,20,21). The first kappa shape index (κ1) is 13.6. The molecule has 0 fully saturated rings. The summed E-state index contributed by atoms with van der Waals surface area (Å²) in [6, 6.07) is 14.9. The molecule has 21 heavy (non-hydrogen) atoms. The van der Waals surface area contributed by atoms with E-state index < -0.39 is 0 Å². The summed E-state index contributed by atoms with van der Waals surface area (Å²) >= 11 is 3.51. The molecule has 3 N–H and O–H groups in total. The van der Waals surface area contributed by atoms with Crippen LogP contribution in [0.4, 0.5) is 11.4 Å². The molecule has 3 rings (SSSR count). The van der Waals surface area contributed by atoms with E-state index in [2.05, 4.69) is 26.2 Å². The van der Waals surface area contributed by atoms with Crippen LogP contribution in [0.25, 0.3) is 10.8 Å². The van der Waals surface area contributed by atoms with Crippen LogP contribution >= 0.6 is 15.9 Å². The number of nitrogens with two attached hydrogens (primary N) is 1. The molecule has 0 aliphatic rings. The smallest absolute Gasteiger partial charge is 0.276 e. The number of hydrogen-bond acceptors (Lipinski definition) is 3. The molecule has 4 nitrogen and oxygen atoms in total. The second kappa shape index (κ2) is 5.54. The number of carbonyl (C=O) groups excluding carboxylic acids is 1. The fourth-order valence-corrected chi connectivity index (χ4v) is 2.64. The molecule has 0 aliphatic heterocycles. The number of nitrogens with one attached hydrogen (secondary N) is 1. The van der Waals surface area contributed by atoms with Gasteiger partial charge in [0.1, 0.15) is 0 Å². The molecule has 0 saturated heterocycles. The fraction of sp³-hybridized carbons (Fsp3) is 0. The Balaban J connectivity index is 2.01. The van der Waals surface area contributed by atoms with Crippen molar-refractivity contribution < 1.29 is 4.79 Å². The van der Waals surface area contributed by atoms with Crippen molar-refractivity contribution in [2.75, 3.05) is 11.1 Å². The lowest BCUT2D eigenvalue weighted by atomic mass is 10.1. The number of carbonyl (C=O) groups is 1. The monoisotopic (exact) mass is 341 g/mol. The molecule has 2 aromatic carbocycles. The second-order valence-electron chi connectivity index (χ2n) is 4.54. The third-order valence-corrected chi connectivity index (χ3v) is 3.86. The highest BCUT2D eigenvalue weighted by atomic mass is 79.9. The van der Waals surface area contributed by atoms with Crippen LogP contribution < -0.4 is 11.1 Å². The van der Waals surface area contributed by atoms with Crippen molar-refractivity contribution in [3.05, 3.63) is 64.9 Å². The molecule has 0 unspecified atom stereocenters. The van der Waals surface area contributed by atoms with Crippen LogP contribution in [0.1, 0.15) is 10.5 Å². The number of hydrogen-bond donors (Lipinski definition) is 2. The predicted molar refractivity (Wildman–Crippen MR) is 88.3 cm³/mol. The van der Waals surface area contributed by atoms with Crippen molar-refractivity contribution in [3.63, 3.8) is 0 Å². The highest BCUT2D eigenvalue weighted by molar-refractivity contribution is 9.10. The molecule has 0 atom stereocenters. The first-order valence-electron chi connectivity index (χ1n) is 6.36. The number of pyridine rings is 1. The summed E-state index contributed by atoms with van der Waals surface area (Å²) in [5.74, 6) is -0.319. The van der Waals surface area contributed by atoms with Crippen LogP contribution in [0.3, 0.4) is 0 Å². The van der Waals surface area contributed by atoms with E-state index in [-0.39, 0.29) is 11.6 Å². The Hall–Kier alpha value is -2.40. The van der Waals surface area contributed by atoms with Gasteiger partial charge in [-0.2, -0.15) is 0 Å². The first-order chi connectivity index (χ1) is 10.2. The summed E-state index contributed by atoms with van der Waals surface area (Å²) in [6.07, 6.45) is 1.55. The summed E-state index contributed by atoms with van der Waals surface area (Å²) < 4.78 is 0.980. The lowest BCUT2D eigenvalue weighted by Gasteiger charge is -2.10. The minimum absolute atomic E-state index is 0.226. The van der Waals surface area contributed by atoms with Gasteiger partial charge in [0, 0.05) is 21.7 Å². The number of fused-ring (bicyclic) bond motifs is 1. The zero-order chi connectivity index (χ0) is 14.8. The van der Waals surface area contributed by atoms with Gasteiger partial charge in [-0.1, -0.05) is 40.2 Å². The average Bonchev–Trinajstić information content (AvgIpc) is 2.51. The number of amides is 1. The SMILES string of the molecule is Nc1cccnc1C(=O)Nc1ccc(Br)c2ccccc12. The average molecular weight is 342 g/mol. The predicted octanol–water partition coefficient (Wildman–Crippen LogP) is 3.83. The maximum absolute atomic E-state index is 12.3. The Morgan fingerprint density at radius 3 is 2.57 bits per heavy atom. The van der Waals surface area contributed by atoms with Crippen LogP contribution in [-0.2, 0) is 0 Å². The molecule has 5 heteroatoms. The topological polar surface area (TPSA) is 68.0 Å². The van der Waals surface area contributed by atoms with Crippen molar-refractivity contribution in [2.24, 2.45) is 0 Å². The molecule has 0 spiro atoms. The molecule has 1 heterocycles. The summed E-state index contributed by atoms with van der Waals surface area (Å²) in [7, 11) is 0. The lowest BCUT2D eigenvalue weighted by molar-refractivity contribution is 0.102. The van der Waals surface area contributed by atoms with Gasteiger partial charge in [-0.25, -0.2) is 4.98 Å². The van der Waals surface area contributed by atoms with Gasteiger partial charge in [-0.15, -0.1) is 0 Å². The van der Waals surface area contributed by atoms with Crippen LogP contribution in [-0.4, -0.2) is 10.9 Å². The van der Waals surface area contributed by atoms with Crippen molar-refractivity contribution in [1.82, 2.24) is 4.98 Å². The quantitative estimate of drug-likeness (QED) is 0.744. The lowest BCUT2D eigenvalue weighted by Crippen LogP contribution is -2.15. The van der Waals surface area contributed by atoms with Crippen LogP contribution in [0.15, 0.2) is 59.2 Å². The van der Waals surface area contributed by atoms with Crippen LogP contribution in [0.2, 0.25) is 0 Å². The number of aromatic nitrogens is 1. The molecule has 0 aliphatic carbocycles. The van der Waals surface area contributed by atoms with Gasteiger partial charge in [-0.3, -0.25) is 4.79 Å². The Kier molecular flexibility index (Phi) is 3.58. The highest BCUT2D eigenvalue weighted by Crippen LogP contribution is 2.30. The van der Waals surface area contributed by atoms with Crippen molar-refractivity contribution >= 4 is 44.0 Å². The number of rotatable bonds is 2. The summed E-state index contributed by atoms with van der Waals surface area (Å²) in [4.78, 5) is 16.3. The molecular weight excluding hydrogens is 330 g/mol. The highest BCUT2D eigenvalue weighted by Gasteiger charge is 2.13. The summed E-state index contributed by atoms with van der Waals surface area (Å²) in [5.41, 5.74) is 7.09. The Bertz CT molecular complexity index is 833. The summed E-state index contributed by atoms with van der Waals surface area (Å²) in [6.45, 7) is 0. The minimum atomic E-state index is -0.319. The van der Waals surface area contributed by atoms with E-state index in [0.29, 0.717) is 5.69 Å². The van der Waals surface area contributed by atoms with Crippen molar-refractivity contribution in [1.29, 1.82) is 0 Å². The molecule has 0 radical (unpaired) electrons. The maximum Gasteiger partial charge on any atom is 0.276 e. The van der Waals surface area contributed by atoms with Gasteiger partial charge >= 0.3 is 0 Å². The molecule has 0 bridgehead atoms. The van der Waals surface area contributed by atoms with Gasteiger partial charge in [0.15, 0.2) is 5.69 Å². The third-order valence-electron chi connectivity index (χ3n) is 3.17. The Labute approximate surface area is 130 Å². The zero-order valence-corrected chi connectivity index (χ0v) is 12.6. The molecule has 0 saturated carbocycles. The molecule has 104 valence electrons. The number of nitrogen functional groups attached to an aromatic ring is 1. The van der Waals surface area contributed by atoms with Gasteiger partial charge in [0.25, 0.3) is 5.91 Å². The number of anilines is 2. The van der Waals surface area contributed by atoms with E-state index >= 15 is 0 Å². The molecule has 1 aromatic heterocycles. The molecular formula is C16H12BrN3O. The van der Waals surface area contributed by atoms with E-state index in [9.17, 15) is 4.79 Å². The maximum atomic E-state index is 12.3. The van der Waals surface area contributed by atoms with E-state index in [1.54, 1.807) is 18.3 Å². The van der Waals surface area contributed by atoms with Gasteiger partial charge in [0.2, 0.25) is 0 Å². The number of benzene rings is 2. The van der Waals surface area contributed by atoms with E-state index in [0.717, 1.165) is 20.9 Å².